The highest BCUT2D eigenvalue weighted by atomic mass is 16.1. The second kappa shape index (κ2) is 5.34. The molecule has 0 aliphatic rings. The van der Waals surface area contributed by atoms with E-state index >= 15 is 0 Å². The average Bonchev–Trinajstić information content (AvgIpc) is 2.19. The predicted octanol–water partition coefficient (Wildman–Crippen LogP) is 0.909. The Hall–Kier alpha value is -1.78. The lowest BCUT2D eigenvalue weighted by Gasteiger charge is -2.10. The van der Waals surface area contributed by atoms with Crippen LogP contribution in [-0.2, 0) is 4.79 Å². The number of carbonyl (C=O) groups is 1. The lowest BCUT2D eigenvalue weighted by Crippen LogP contribution is -2.34. The van der Waals surface area contributed by atoms with Crippen LogP contribution in [0.1, 0.15) is 19.5 Å². The van der Waals surface area contributed by atoms with Gasteiger partial charge in [-0.15, -0.1) is 0 Å². The van der Waals surface area contributed by atoms with Crippen LogP contribution in [0.15, 0.2) is 12.1 Å². The molecule has 1 heterocycles. The topological polar surface area (TPSA) is 80.0 Å². The molecule has 4 N–H and O–H groups in total. The molecule has 0 unspecified atom stereocenters. The number of rotatable bonds is 4. The molecule has 5 nitrogen and oxygen atoms in total. The van der Waals surface area contributed by atoms with Crippen LogP contribution in [-0.4, -0.2) is 23.5 Å². The molecule has 0 spiro atoms. The lowest BCUT2D eigenvalue weighted by molar-refractivity contribution is -0.119. The molecule has 0 radical (unpaired) electrons. The fourth-order valence-corrected chi connectivity index (χ4v) is 1.21. The third-order valence-corrected chi connectivity index (χ3v) is 2.01. The first-order chi connectivity index (χ1) is 7.49. The number of nitrogen functional groups attached to an aromatic ring is 1. The second-order valence-corrected chi connectivity index (χ2v) is 3.95. The summed E-state index contributed by atoms with van der Waals surface area (Å²) in [6, 6.07) is 3.67. The number of nitrogens with one attached hydrogen (secondary N) is 2. The third-order valence-electron chi connectivity index (χ3n) is 2.01. The molecule has 1 amide bonds. The van der Waals surface area contributed by atoms with Gasteiger partial charge in [-0.05, 0) is 32.9 Å². The predicted molar refractivity (Wildman–Crippen MR) is 65.2 cm³/mol. The van der Waals surface area contributed by atoms with Crippen molar-refractivity contribution in [2.24, 2.45) is 0 Å². The molecule has 0 fully saturated rings. The number of aromatic nitrogens is 1. The van der Waals surface area contributed by atoms with Crippen LogP contribution < -0.4 is 16.4 Å². The molecular formula is C11H18N4O. The molecule has 0 aromatic carbocycles. The van der Waals surface area contributed by atoms with Crippen LogP contribution in [0.5, 0.6) is 0 Å². The number of carbonyl (C=O) groups excluding carboxylic acids is 1. The van der Waals surface area contributed by atoms with Gasteiger partial charge in [0, 0.05) is 6.04 Å². The fraction of sp³-hybridized carbons (Fsp3) is 0.455. The Morgan fingerprint density at radius 2 is 2.19 bits per heavy atom. The van der Waals surface area contributed by atoms with E-state index in [0.717, 1.165) is 5.69 Å². The second-order valence-electron chi connectivity index (χ2n) is 3.95. The molecule has 0 saturated heterocycles. The Morgan fingerprint density at radius 3 is 2.75 bits per heavy atom. The maximum atomic E-state index is 11.4. The van der Waals surface area contributed by atoms with Gasteiger partial charge in [-0.2, -0.15) is 0 Å². The first kappa shape index (κ1) is 12.3. The first-order valence-corrected chi connectivity index (χ1v) is 5.25. The van der Waals surface area contributed by atoms with Crippen LogP contribution >= 0.6 is 0 Å². The van der Waals surface area contributed by atoms with Crippen molar-refractivity contribution in [2.75, 3.05) is 17.6 Å². The summed E-state index contributed by atoms with van der Waals surface area (Å²) in [6.45, 7) is 5.89. The highest BCUT2D eigenvalue weighted by molar-refractivity contribution is 5.80. The highest BCUT2D eigenvalue weighted by Gasteiger charge is 2.03. The van der Waals surface area contributed by atoms with Gasteiger partial charge in [0.15, 0.2) is 0 Å². The summed E-state index contributed by atoms with van der Waals surface area (Å²) < 4.78 is 0. The van der Waals surface area contributed by atoms with E-state index in [-0.39, 0.29) is 18.5 Å². The number of pyridine rings is 1. The number of hydrogen-bond acceptors (Lipinski definition) is 4. The summed E-state index contributed by atoms with van der Waals surface area (Å²) in [5, 5.41) is 5.72. The van der Waals surface area contributed by atoms with E-state index in [1.807, 2.05) is 20.8 Å². The zero-order valence-electron chi connectivity index (χ0n) is 9.87. The van der Waals surface area contributed by atoms with Crippen molar-refractivity contribution < 1.29 is 4.79 Å². The summed E-state index contributed by atoms with van der Waals surface area (Å²) in [6.07, 6.45) is 0. The van der Waals surface area contributed by atoms with Crippen LogP contribution in [0.25, 0.3) is 0 Å². The van der Waals surface area contributed by atoms with Crippen LogP contribution in [0.3, 0.4) is 0 Å². The van der Waals surface area contributed by atoms with Crippen LogP contribution in [0.4, 0.5) is 11.5 Å². The van der Waals surface area contributed by atoms with Gasteiger partial charge in [-0.3, -0.25) is 4.79 Å². The summed E-state index contributed by atoms with van der Waals surface area (Å²) in [7, 11) is 0. The van der Waals surface area contributed by atoms with E-state index in [2.05, 4.69) is 15.6 Å². The van der Waals surface area contributed by atoms with E-state index in [1.165, 1.54) is 0 Å². The first-order valence-electron chi connectivity index (χ1n) is 5.25. The summed E-state index contributed by atoms with van der Waals surface area (Å²) in [5.74, 6) is 0.608. The molecular weight excluding hydrogens is 204 g/mol. The van der Waals surface area contributed by atoms with Crippen molar-refractivity contribution in [3.63, 3.8) is 0 Å². The smallest absolute Gasteiger partial charge is 0.239 e. The van der Waals surface area contributed by atoms with Gasteiger partial charge in [0.25, 0.3) is 0 Å². The van der Waals surface area contributed by atoms with Crippen molar-refractivity contribution in [1.29, 1.82) is 0 Å². The molecule has 16 heavy (non-hydrogen) atoms. The Morgan fingerprint density at radius 1 is 1.50 bits per heavy atom. The monoisotopic (exact) mass is 222 g/mol. The minimum absolute atomic E-state index is 0.0497. The maximum Gasteiger partial charge on any atom is 0.239 e. The Labute approximate surface area is 95.4 Å². The summed E-state index contributed by atoms with van der Waals surface area (Å²) in [4.78, 5) is 15.6. The molecule has 1 aromatic heterocycles. The van der Waals surface area contributed by atoms with Crippen molar-refractivity contribution in [3.05, 3.63) is 17.8 Å². The number of anilines is 2. The van der Waals surface area contributed by atoms with Gasteiger partial charge in [0.2, 0.25) is 5.91 Å². The summed E-state index contributed by atoms with van der Waals surface area (Å²) >= 11 is 0. The van der Waals surface area contributed by atoms with Crippen molar-refractivity contribution in [1.82, 2.24) is 10.3 Å². The number of aryl methyl sites for hydroxylation is 1. The van der Waals surface area contributed by atoms with Crippen LogP contribution in [0.2, 0.25) is 0 Å². The third kappa shape index (κ3) is 3.76. The van der Waals surface area contributed by atoms with Crippen molar-refractivity contribution in [2.45, 2.75) is 26.8 Å². The summed E-state index contributed by atoms with van der Waals surface area (Å²) in [5.41, 5.74) is 7.05. The van der Waals surface area contributed by atoms with E-state index < -0.39 is 0 Å². The molecule has 0 bridgehead atoms. The van der Waals surface area contributed by atoms with Gasteiger partial charge in [0.1, 0.15) is 5.82 Å². The lowest BCUT2D eigenvalue weighted by atomic mass is 10.3. The quantitative estimate of drug-likeness (QED) is 0.707. The number of amides is 1. The Balaban J connectivity index is 2.48. The molecule has 0 aliphatic heterocycles. The zero-order valence-corrected chi connectivity index (χ0v) is 9.87. The van der Waals surface area contributed by atoms with Gasteiger partial charge in [-0.1, -0.05) is 0 Å². The molecule has 0 atom stereocenters. The van der Waals surface area contributed by atoms with E-state index in [4.69, 9.17) is 5.73 Å². The van der Waals surface area contributed by atoms with Gasteiger partial charge < -0.3 is 16.4 Å². The van der Waals surface area contributed by atoms with E-state index in [0.29, 0.717) is 11.5 Å². The average molecular weight is 222 g/mol. The van der Waals surface area contributed by atoms with Gasteiger partial charge >= 0.3 is 0 Å². The number of nitrogens with two attached hydrogens (primary N) is 1. The maximum absolute atomic E-state index is 11.4. The minimum atomic E-state index is -0.0497. The Bertz CT molecular complexity index is 376. The van der Waals surface area contributed by atoms with E-state index in [9.17, 15) is 4.79 Å². The molecule has 0 saturated carbocycles. The number of hydrogen-bond donors (Lipinski definition) is 3. The van der Waals surface area contributed by atoms with E-state index in [1.54, 1.807) is 12.1 Å². The highest BCUT2D eigenvalue weighted by Crippen LogP contribution is 2.11. The molecule has 88 valence electrons. The SMILES string of the molecule is Cc1nc(NCC(=O)NC(C)C)ccc1N. The van der Waals surface area contributed by atoms with Crippen molar-refractivity contribution in [3.8, 4) is 0 Å². The molecule has 5 heteroatoms. The number of nitrogens with zero attached hydrogens (tertiary/aromatic N) is 1. The normalized spacial score (nSPS) is 10.2. The van der Waals surface area contributed by atoms with Gasteiger partial charge in [0.05, 0.1) is 17.9 Å². The molecule has 1 rings (SSSR count). The van der Waals surface area contributed by atoms with Crippen LogP contribution in [0, 0.1) is 6.92 Å². The largest absolute Gasteiger partial charge is 0.397 e. The minimum Gasteiger partial charge on any atom is -0.397 e. The zero-order chi connectivity index (χ0) is 12.1. The molecule has 0 aliphatic carbocycles. The van der Waals surface area contributed by atoms with Crippen molar-refractivity contribution >= 4 is 17.4 Å². The molecule has 1 aromatic rings. The fourth-order valence-electron chi connectivity index (χ4n) is 1.21. The Kier molecular flexibility index (Phi) is 4.10. The standard InChI is InChI=1S/C11H18N4O/c1-7(2)14-11(16)6-13-10-5-4-9(12)8(3)15-10/h4-5,7H,6,12H2,1-3H3,(H,13,15)(H,14,16). The van der Waals surface area contributed by atoms with Gasteiger partial charge in [-0.25, -0.2) is 4.98 Å².